The molecule has 6 nitrogen and oxygen atoms in total. The molecule has 5 rings (SSSR count). The number of fused-ring (bicyclic) bond motifs is 1. The fourth-order valence-electron chi connectivity index (χ4n) is 3.35. The lowest BCUT2D eigenvalue weighted by Crippen LogP contribution is -2.11. The Labute approximate surface area is 177 Å². The zero-order valence-corrected chi connectivity index (χ0v) is 16.4. The summed E-state index contributed by atoms with van der Waals surface area (Å²) in [5.74, 6) is 0.593. The van der Waals surface area contributed by atoms with E-state index in [4.69, 9.17) is 16.0 Å². The number of carbonyl (C=O) groups excluding carboxylic acids is 1. The molecule has 30 heavy (non-hydrogen) atoms. The van der Waals surface area contributed by atoms with E-state index in [2.05, 4.69) is 26.3 Å². The minimum atomic E-state index is -0.326. The molecule has 0 spiro atoms. The lowest BCUT2D eigenvalue weighted by Gasteiger charge is -2.08. The van der Waals surface area contributed by atoms with Gasteiger partial charge in [0.2, 0.25) is 0 Å². The Kier molecular flexibility index (Phi) is 4.61. The molecule has 1 aliphatic heterocycles. The summed E-state index contributed by atoms with van der Waals surface area (Å²) in [4.78, 5) is 25.6. The number of aromatic nitrogens is 2. The monoisotopic (exact) mass is 414 g/mol. The van der Waals surface area contributed by atoms with E-state index in [0.717, 1.165) is 28.0 Å². The van der Waals surface area contributed by atoms with Crippen molar-refractivity contribution >= 4 is 34.7 Å². The van der Waals surface area contributed by atoms with Crippen LogP contribution in [0.1, 0.15) is 21.7 Å². The Morgan fingerprint density at radius 3 is 2.80 bits per heavy atom. The van der Waals surface area contributed by atoms with Gasteiger partial charge in [-0.2, -0.15) is 0 Å². The number of hydrogen-bond donors (Lipinski definition) is 1. The van der Waals surface area contributed by atoms with Crippen LogP contribution in [-0.4, -0.2) is 21.6 Å². The summed E-state index contributed by atoms with van der Waals surface area (Å²) in [6, 6.07) is 14.5. The first kappa shape index (κ1) is 18.3. The van der Waals surface area contributed by atoms with Crippen molar-refractivity contribution in [3.63, 3.8) is 0 Å². The molecule has 4 heterocycles. The van der Waals surface area contributed by atoms with E-state index in [9.17, 15) is 4.79 Å². The van der Waals surface area contributed by atoms with Crippen LogP contribution in [-0.2, 0) is 6.42 Å². The van der Waals surface area contributed by atoms with Gasteiger partial charge in [-0.1, -0.05) is 17.7 Å². The first-order valence-corrected chi connectivity index (χ1v) is 9.67. The Morgan fingerprint density at radius 1 is 1.07 bits per heavy atom. The third-order valence-electron chi connectivity index (χ3n) is 4.82. The number of rotatable bonds is 4. The van der Waals surface area contributed by atoms with Crippen molar-refractivity contribution in [1.29, 1.82) is 0 Å². The highest BCUT2D eigenvalue weighted by Gasteiger charge is 2.21. The van der Waals surface area contributed by atoms with Gasteiger partial charge in [-0.15, -0.1) is 0 Å². The van der Waals surface area contributed by atoms with Gasteiger partial charge >= 0.3 is 0 Å². The fourth-order valence-corrected chi connectivity index (χ4v) is 3.58. The van der Waals surface area contributed by atoms with Crippen molar-refractivity contribution in [2.24, 2.45) is 4.99 Å². The van der Waals surface area contributed by atoms with E-state index in [1.54, 1.807) is 36.7 Å². The van der Waals surface area contributed by atoms with E-state index in [1.807, 2.05) is 24.4 Å². The summed E-state index contributed by atoms with van der Waals surface area (Å²) in [7, 11) is 0. The minimum absolute atomic E-state index is 0.240. The van der Waals surface area contributed by atoms with Gasteiger partial charge in [-0.3, -0.25) is 9.78 Å². The van der Waals surface area contributed by atoms with Crippen molar-refractivity contribution in [3.05, 3.63) is 95.3 Å². The topological polar surface area (TPSA) is 80.4 Å². The number of pyridine rings is 2. The molecule has 0 aliphatic carbocycles. The summed E-state index contributed by atoms with van der Waals surface area (Å²) in [5, 5.41) is 3.38. The van der Waals surface area contributed by atoms with Gasteiger partial charge in [-0.05, 0) is 42.5 Å². The molecule has 4 aromatic rings. The smallest absolute Gasteiger partial charge is 0.291 e. The van der Waals surface area contributed by atoms with Crippen LogP contribution in [0.25, 0.3) is 11.1 Å². The van der Waals surface area contributed by atoms with Gasteiger partial charge in [0.05, 0.1) is 12.0 Å². The number of benzene rings is 1. The molecule has 0 saturated carbocycles. The van der Waals surface area contributed by atoms with Crippen LogP contribution in [0.5, 0.6) is 0 Å². The summed E-state index contributed by atoms with van der Waals surface area (Å²) in [5.41, 5.74) is 5.19. The van der Waals surface area contributed by atoms with Gasteiger partial charge in [0.1, 0.15) is 0 Å². The molecule has 0 radical (unpaired) electrons. The minimum Gasteiger partial charge on any atom is -0.459 e. The van der Waals surface area contributed by atoms with E-state index in [1.165, 1.54) is 6.26 Å². The van der Waals surface area contributed by atoms with Gasteiger partial charge in [0, 0.05) is 58.0 Å². The molecule has 0 unspecified atom stereocenters. The Morgan fingerprint density at radius 2 is 2.00 bits per heavy atom. The molecule has 0 fully saturated rings. The van der Waals surface area contributed by atoms with Crippen LogP contribution in [0, 0.1) is 0 Å². The predicted molar refractivity (Wildman–Crippen MR) is 115 cm³/mol. The fraction of sp³-hybridized carbons (Fsp3) is 0.0435. The molecule has 1 amide bonds. The van der Waals surface area contributed by atoms with E-state index in [0.29, 0.717) is 22.9 Å². The number of aliphatic imine (C=N–C) groups is 1. The first-order valence-electron chi connectivity index (χ1n) is 9.29. The van der Waals surface area contributed by atoms with Crippen molar-refractivity contribution in [3.8, 4) is 11.1 Å². The summed E-state index contributed by atoms with van der Waals surface area (Å²) < 4.78 is 5.14. The predicted octanol–water partition coefficient (Wildman–Crippen LogP) is 5.32. The average Bonchev–Trinajstić information content (AvgIpc) is 3.45. The molecule has 3 aromatic heterocycles. The zero-order valence-electron chi connectivity index (χ0n) is 15.7. The van der Waals surface area contributed by atoms with Gasteiger partial charge in [0.25, 0.3) is 5.91 Å². The maximum Gasteiger partial charge on any atom is 0.291 e. The number of anilines is 1. The third kappa shape index (κ3) is 3.49. The largest absolute Gasteiger partial charge is 0.459 e. The Bertz CT molecular complexity index is 1270. The number of halogens is 1. The van der Waals surface area contributed by atoms with Gasteiger partial charge in [0.15, 0.2) is 11.6 Å². The lowest BCUT2D eigenvalue weighted by atomic mass is 10.0. The first-order chi connectivity index (χ1) is 14.7. The molecule has 146 valence electrons. The van der Waals surface area contributed by atoms with E-state index in [-0.39, 0.29) is 11.7 Å². The number of nitrogens with one attached hydrogen (secondary N) is 1. The highest BCUT2D eigenvalue weighted by Crippen LogP contribution is 2.33. The van der Waals surface area contributed by atoms with Crippen molar-refractivity contribution < 1.29 is 9.21 Å². The van der Waals surface area contributed by atoms with E-state index < -0.39 is 0 Å². The molecule has 1 aromatic carbocycles. The number of carbonyl (C=O) groups is 1. The maximum absolute atomic E-state index is 12.3. The summed E-state index contributed by atoms with van der Waals surface area (Å²) in [6.07, 6.45) is 7.41. The number of nitrogens with zero attached hydrogens (tertiary/aromatic N) is 3. The molecular weight excluding hydrogens is 400 g/mol. The third-order valence-corrected chi connectivity index (χ3v) is 5.15. The number of hydrogen-bond acceptors (Lipinski definition) is 5. The van der Waals surface area contributed by atoms with Crippen LogP contribution in [0.4, 0.5) is 11.5 Å². The Hall–Kier alpha value is -3.77. The zero-order chi connectivity index (χ0) is 20.5. The highest BCUT2D eigenvalue weighted by molar-refractivity contribution is 6.34. The second-order valence-corrected chi connectivity index (χ2v) is 7.22. The Balaban J connectivity index is 1.41. The van der Waals surface area contributed by atoms with Crippen LogP contribution in [0.15, 0.2) is 82.8 Å². The maximum atomic E-state index is 12.3. The highest BCUT2D eigenvalue weighted by atomic mass is 35.5. The van der Waals surface area contributed by atoms with Gasteiger partial charge < -0.3 is 9.73 Å². The molecule has 0 saturated heterocycles. The average molecular weight is 415 g/mol. The molecule has 7 heteroatoms. The summed E-state index contributed by atoms with van der Waals surface area (Å²) >= 11 is 6.44. The SMILES string of the molecule is O=C(Nc1ccc(Cl)c(C2=Nc3ncc(-c4cccnc4)cc3C2)c1)c1ccco1. The molecule has 0 atom stereocenters. The van der Waals surface area contributed by atoms with Crippen molar-refractivity contribution in [2.45, 2.75) is 6.42 Å². The standard InChI is InChI=1S/C23H15ClN4O2/c24-19-6-5-17(27-23(29)21-4-2-8-30-21)11-18(19)20-10-15-9-16(13-26-22(15)28-20)14-3-1-7-25-12-14/h1-9,11-13H,10H2,(H,27,29). The lowest BCUT2D eigenvalue weighted by molar-refractivity contribution is 0.0996. The molecular formula is C23H15ClN4O2. The molecule has 1 N–H and O–H groups in total. The van der Waals surface area contributed by atoms with Crippen molar-refractivity contribution in [1.82, 2.24) is 9.97 Å². The van der Waals surface area contributed by atoms with Crippen molar-refractivity contribution in [2.75, 3.05) is 5.32 Å². The van der Waals surface area contributed by atoms with E-state index >= 15 is 0 Å². The van der Waals surface area contributed by atoms with Crippen LogP contribution in [0.2, 0.25) is 5.02 Å². The molecule has 1 aliphatic rings. The number of furan rings is 1. The second kappa shape index (κ2) is 7.57. The van der Waals surface area contributed by atoms with Crippen LogP contribution >= 0.6 is 11.6 Å². The second-order valence-electron chi connectivity index (χ2n) is 6.81. The number of amides is 1. The quantitative estimate of drug-likeness (QED) is 0.490. The van der Waals surface area contributed by atoms with Gasteiger partial charge in [-0.25, -0.2) is 9.98 Å². The molecule has 0 bridgehead atoms. The van der Waals surface area contributed by atoms with Crippen LogP contribution < -0.4 is 5.32 Å². The summed E-state index contributed by atoms with van der Waals surface area (Å²) in [6.45, 7) is 0. The normalized spacial score (nSPS) is 12.4. The van der Waals surface area contributed by atoms with Crippen LogP contribution in [0.3, 0.4) is 0 Å².